The van der Waals surface area contributed by atoms with Gasteiger partial charge in [-0.05, 0) is 78.3 Å². The number of amides is 3. The number of nitrogens with one attached hydrogen (secondary N) is 3. The van der Waals surface area contributed by atoms with Crippen LogP contribution in [0.15, 0.2) is 35.4 Å². The number of carbonyl (C=O) groups is 3. The predicted octanol–water partition coefficient (Wildman–Crippen LogP) is 3.64. The zero-order valence-corrected chi connectivity index (χ0v) is 22.1. The number of hydrogen-bond acceptors (Lipinski definition) is 6. The van der Waals surface area contributed by atoms with Crippen LogP contribution in [0.25, 0.3) is 0 Å². The van der Waals surface area contributed by atoms with E-state index in [4.69, 9.17) is 21.1 Å². The summed E-state index contributed by atoms with van der Waals surface area (Å²) >= 11 is 8.13. The Morgan fingerprint density at radius 3 is 2.65 bits per heavy atom. The Hall–Kier alpha value is -2.86. The van der Waals surface area contributed by atoms with Gasteiger partial charge in [0.1, 0.15) is 0 Å². The fourth-order valence-corrected chi connectivity index (χ4v) is 3.58. The number of hydrazone groups is 1. The third-order valence-electron chi connectivity index (χ3n) is 4.72. The third kappa shape index (κ3) is 7.87. The fraction of sp³-hybridized carbons (Fsp3) is 0.304. The summed E-state index contributed by atoms with van der Waals surface area (Å²) in [4.78, 5) is 35.9. The van der Waals surface area contributed by atoms with Crippen LogP contribution in [-0.2, 0) is 14.4 Å². The normalized spacial score (nSPS) is 11.6. The second-order valence-electron chi connectivity index (χ2n) is 7.27. The van der Waals surface area contributed by atoms with Crippen LogP contribution in [-0.4, -0.2) is 43.7 Å². The van der Waals surface area contributed by atoms with Crippen LogP contribution < -0.4 is 25.5 Å². The number of halogens is 2. The van der Waals surface area contributed by atoms with E-state index < -0.39 is 11.8 Å². The van der Waals surface area contributed by atoms with Crippen molar-refractivity contribution in [2.45, 2.75) is 33.2 Å². The Bertz CT molecular complexity index is 1090. The molecule has 0 spiro atoms. The number of nitrogens with zero attached hydrogens (tertiary/aromatic N) is 1. The highest BCUT2D eigenvalue weighted by Crippen LogP contribution is 2.33. The van der Waals surface area contributed by atoms with Gasteiger partial charge in [-0.2, -0.15) is 5.10 Å². The van der Waals surface area contributed by atoms with Gasteiger partial charge in [0.2, 0.25) is 0 Å². The highest BCUT2D eigenvalue weighted by Gasteiger charge is 2.16. The molecule has 34 heavy (non-hydrogen) atoms. The highest BCUT2D eigenvalue weighted by atomic mass is 127. The molecular weight excluding hydrogens is 575 g/mol. The summed E-state index contributed by atoms with van der Waals surface area (Å²) in [6, 6.07) is 8.49. The number of benzene rings is 2. The van der Waals surface area contributed by atoms with Crippen LogP contribution in [0.2, 0.25) is 5.02 Å². The van der Waals surface area contributed by atoms with Gasteiger partial charge in [0.25, 0.3) is 5.91 Å². The van der Waals surface area contributed by atoms with Gasteiger partial charge in [0, 0.05) is 16.8 Å². The maximum atomic E-state index is 12.4. The molecule has 11 heteroatoms. The summed E-state index contributed by atoms with van der Waals surface area (Å²) in [6.07, 6.45) is 2.08. The Morgan fingerprint density at radius 2 is 1.97 bits per heavy atom. The number of methoxy groups -OCH3 is 1. The van der Waals surface area contributed by atoms with E-state index in [1.165, 1.54) is 13.3 Å². The average Bonchev–Trinajstić information content (AvgIpc) is 2.80. The van der Waals surface area contributed by atoms with Crippen LogP contribution in [0.5, 0.6) is 11.5 Å². The van der Waals surface area contributed by atoms with Gasteiger partial charge in [0.15, 0.2) is 18.1 Å². The van der Waals surface area contributed by atoms with Crippen molar-refractivity contribution in [1.82, 2.24) is 10.7 Å². The second-order valence-corrected chi connectivity index (χ2v) is 8.83. The Morgan fingerprint density at radius 1 is 1.24 bits per heavy atom. The molecule has 0 heterocycles. The van der Waals surface area contributed by atoms with E-state index in [2.05, 4.69) is 21.2 Å². The number of hydrogen-bond donors (Lipinski definition) is 3. The Kier molecular flexibility index (Phi) is 10.6. The molecule has 3 N–H and O–H groups in total. The summed E-state index contributed by atoms with van der Waals surface area (Å²) < 4.78 is 11.7. The second kappa shape index (κ2) is 13.1. The van der Waals surface area contributed by atoms with Gasteiger partial charge in [-0.15, -0.1) is 0 Å². The lowest BCUT2D eigenvalue weighted by Gasteiger charge is -2.14. The molecule has 0 aliphatic carbocycles. The zero-order chi connectivity index (χ0) is 25.3. The van der Waals surface area contributed by atoms with Crippen molar-refractivity contribution >= 4 is 63.8 Å². The Labute approximate surface area is 216 Å². The molecule has 0 saturated heterocycles. The molecule has 0 bridgehead atoms. The van der Waals surface area contributed by atoms with Gasteiger partial charge in [-0.25, -0.2) is 5.43 Å². The SMILES string of the molecule is CC[C@H](C)NC(=O)C(=O)N/N=C\c1cc(I)c(OCC(=O)Nc2cccc(Cl)c2C)c(OC)c1. The van der Waals surface area contributed by atoms with Crippen molar-refractivity contribution in [3.8, 4) is 11.5 Å². The molecule has 0 aliphatic rings. The van der Waals surface area contributed by atoms with E-state index in [0.29, 0.717) is 37.8 Å². The molecule has 0 aliphatic heterocycles. The summed E-state index contributed by atoms with van der Waals surface area (Å²) in [5.41, 5.74) is 4.15. The summed E-state index contributed by atoms with van der Waals surface area (Å²) in [5.74, 6) is -1.21. The lowest BCUT2D eigenvalue weighted by atomic mass is 10.2. The lowest BCUT2D eigenvalue weighted by Crippen LogP contribution is -2.41. The van der Waals surface area contributed by atoms with Crippen LogP contribution in [0.3, 0.4) is 0 Å². The molecule has 0 saturated carbocycles. The van der Waals surface area contributed by atoms with E-state index in [0.717, 1.165) is 5.56 Å². The van der Waals surface area contributed by atoms with Crippen molar-refractivity contribution in [2.75, 3.05) is 19.0 Å². The zero-order valence-electron chi connectivity index (χ0n) is 19.2. The Balaban J connectivity index is 2.01. The third-order valence-corrected chi connectivity index (χ3v) is 5.93. The van der Waals surface area contributed by atoms with Crippen LogP contribution in [0, 0.1) is 10.5 Å². The van der Waals surface area contributed by atoms with Gasteiger partial charge < -0.3 is 20.1 Å². The minimum atomic E-state index is -0.862. The van der Waals surface area contributed by atoms with Crippen molar-refractivity contribution in [1.29, 1.82) is 0 Å². The van der Waals surface area contributed by atoms with Gasteiger partial charge in [-0.1, -0.05) is 24.6 Å². The molecule has 9 nitrogen and oxygen atoms in total. The standard InChI is InChI=1S/C23H26ClIN4O5/c1-5-13(2)27-22(31)23(32)29-26-11-15-9-17(25)21(19(10-15)33-4)34-12-20(30)28-18-8-6-7-16(24)14(18)3/h6-11,13H,5,12H2,1-4H3,(H,27,31)(H,28,30)(H,29,32)/b26-11-/t13-/m0/s1. The molecular formula is C23H26ClIN4O5. The monoisotopic (exact) mass is 600 g/mol. The minimum Gasteiger partial charge on any atom is -0.493 e. The number of anilines is 1. The molecule has 1 atom stereocenters. The predicted molar refractivity (Wildman–Crippen MR) is 140 cm³/mol. The van der Waals surface area contributed by atoms with E-state index >= 15 is 0 Å². The molecule has 0 unspecified atom stereocenters. The van der Waals surface area contributed by atoms with Gasteiger partial charge in [-0.3, -0.25) is 14.4 Å². The molecule has 0 aromatic heterocycles. The minimum absolute atomic E-state index is 0.114. The molecule has 2 aromatic carbocycles. The van der Waals surface area contributed by atoms with Crippen LogP contribution >= 0.6 is 34.2 Å². The molecule has 0 radical (unpaired) electrons. The largest absolute Gasteiger partial charge is 0.493 e. The first-order chi connectivity index (χ1) is 16.2. The topological polar surface area (TPSA) is 118 Å². The quantitative estimate of drug-likeness (QED) is 0.176. The fourth-order valence-electron chi connectivity index (χ4n) is 2.63. The van der Waals surface area contributed by atoms with Crippen LogP contribution in [0.1, 0.15) is 31.4 Å². The lowest BCUT2D eigenvalue weighted by molar-refractivity contribution is -0.139. The first kappa shape index (κ1) is 27.4. The summed E-state index contributed by atoms with van der Waals surface area (Å²) in [7, 11) is 1.47. The first-order valence-corrected chi connectivity index (χ1v) is 11.8. The van der Waals surface area contributed by atoms with Crippen LogP contribution in [0.4, 0.5) is 5.69 Å². The summed E-state index contributed by atoms with van der Waals surface area (Å²) in [5, 5.41) is 9.70. The smallest absolute Gasteiger partial charge is 0.329 e. The molecule has 182 valence electrons. The van der Waals surface area contributed by atoms with Gasteiger partial charge >= 0.3 is 11.8 Å². The van der Waals surface area contributed by atoms with Crippen molar-refractivity contribution in [3.63, 3.8) is 0 Å². The van der Waals surface area contributed by atoms with Gasteiger partial charge in [0.05, 0.1) is 16.9 Å². The molecule has 3 amide bonds. The van der Waals surface area contributed by atoms with E-state index in [1.807, 2.05) is 36.4 Å². The number of rotatable bonds is 9. The van der Waals surface area contributed by atoms with E-state index in [-0.39, 0.29) is 18.6 Å². The van der Waals surface area contributed by atoms with E-state index in [9.17, 15) is 14.4 Å². The first-order valence-electron chi connectivity index (χ1n) is 10.3. The highest BCUT2D eigenvalue weighted by molar-refractivity contribution is 14.1. The molecule has 0 fully saturated rings. The average molecular weight is 601 g/mol. The summed E-state index contributed by atoms with van der Waals surface area (Å²) in [6.45, 7) is 5.27. The number of ether oxygens (including phenoxy) is 2. The maximum Gasteiger partial charge on any atom is 0.329 e. The van der Waals surface area contributed by atoms with Crippen molar-refractivity contribution in [2.24, 2.45) is 5.10 Å². The van der Waals surface area contributed by atoms with Crippen molar-refractivity contribution in [3.05, 3.63) is 50.1 Å². The molecule has 2 rings (SSSR count). The maximum absolute atomic E-state index is 12.4. The molecule has 2 aromatic rings. The number of carbonyl (C=O) groups excluding carboxylic acids is 3. The van der Waals surface area contributed by atoms with E-state index in [1.54, 1.807) is 37.3 Å². The van der Waals surface area contributed by atoms with Crippen molar-refractivity contribution < 1.29 is 23.9 Å².